The fourth-order valence-electron chi connectivity index (χ4n) is 1.85. The molecule has 122 valence electrons. The smallest absolute Gasteiger partial charge is 0.407 e. The Morgan fingerprint density at radius 2 is 2.17 bits per heavy atom. The molecule has 1 N–H and O–H groups in total. The number of benzene rings is 1. The molecule has 1 rings (SSSR count). The van der Waals surface area contributed by atoms with Gasteiger partial charge in [0.2, 0.25) is 0 Å². The Morgan fingerprint density at radius 3 is 2.78 bits per heavy atom. The lowest BCUT2D eigenvalue weighted by Gasteiger charge is -2.18. The Bertz CT molecular complexity index is 646. The first kappa shape index (κ1) is 18.4. The van der Waals surface area contributed by atoms with Gasteiger partial charge in [0.25, 0.3) is 0 Å². The quantitative estimate of drug-likeness (QED) is 0.477. The number of nitrogens with one attached hydrogen (secondary N) is 1. The highest BCUT2D eigenvalue weighted by atomic mass is 19.1. The molecule has 1 aromatic carbocycles. The third kappa shape index (κ3) is 5.57. The number of carbonyl (C=O) groups excluding carboxylic acids is 2. The van der Waals surface area contributed by atoms with Crippen LogP contribution in [0.2, 0.25) is 0 Å². The van der Waals surface area contributed by atoms with E-state index < -0.39 is 23.8 Å². The number of carbonyl (C=O) groups is 1. The van der Waals surface area contributed by atoms with Crippen LogP contribution in [0, 0.1) is 24.0 Å². The molecule has 0 aliphatic rings. The van der Waals surface area contributed by atoms with Gasteiger partial charge in [-0.2, -0.15) is 0 Å². The van der Waals surface area contributed by atoms with E-state index >= 15 is 0 Å². The summed E-state index contributed by atoms with van der Waals surface area (Å²) < 4.78 is 32.0. The Labute approximate surface area is 133 Å². The average Bonchev–Trinajstić information content (AvgIpc) is 2.52. The van der Waals surface area contributed by atoms with Crippen molar-refractivity contribution in [3.63, 3.8) is 0 Å². The molecule has 0 spiro atoms. The van der Waals surface area contributed by atoms with Gasteiger partial charge in [-0.3, -0.25) is 0 Å². The van der Waals surface area contributed by atoms with Crippen LogP contribution in [-0.4, -0.2) is 24.7 Å². The maximum Gasteiger partial charge on any atom is 0.407 e. The van der Waals surface area contributed by atoms with Gasteiger partial charge in [-0.15, -0.1) is 12.3 Å². The van der Waals surface area contributed by atoms with E-state index in [2.05, 4.69) is 11.2 Å². The van der Waals surface area contributed by atoms with Crippen molar-refractivity contribution in [3.05, 3.63) is 35.4 Å². The zero-order valence-electron chi connectivity index (χ0n) is 12.7. The minimum absolute atomic E-state index is 0.0938. The van der Waals surface area contributed by atoms with Crippen LogP contribution in [-0.2, 0) is 9.53 Å². The summed E-state index contributed by atoms with van der Waals surface area (Å²) >= 11 is 0. The van der Waals surface area contributed by atoms with Crippen molar-refractivity contribution in [1.29, 1.82) is 0 Å². The van der Waals surface area contributed by atoms with E-state index in [1.54, 1.807) is 0 Å². The monoisotopic (exact) mass is 321 g/mol. The van der Waals surface area contributed by atoms with Crippen molar-refractivity contribution in [2.24, 2.45) is 0 Å². The Kier molecular flexibility index (Phi) is 7.52. The van der Waals surface area contributed by atoms with E-state index in [9.17, 15) is 18.4 Å². The molecule has 0 bridgehead atoms. The van der Waals surface area contributed by atoms with Crippen molar-refractivity contribution in [1.82, 2.24) is 5.32 Å². The average molecular weight is 321 g/mol. The highest BCUT2D eigenvalue weighted by Crippen LogP contribution is 2.22. The summed E-state index contributed by atoms with van der Waals surface area (Å²) in [6.07, 6.45) is 5.85. The number of halogens is 2. The van der Waals surface area contributed by atoms with Crippen LogP contribution in [0.1, 0.15) is 31.7 Å². The number of hydrogen-bond donors (Lipinski definition) is 1. The third-order valence-corrected chi connectivity index (χ3v) is 3.02. The lowest BCUT2D eigenvalue weighted by atomic mass is 9.97. The number of hydrogen-bond acceptors (Lipinski definition) is 3. The second-order valence-electron chi connectivity index (χ2n) is 4.73. The Hall–Kier alpha value is -2.64. The van der Waals surface area contributed by atoms with Crippen molar-refractivity contribution in [3.8, 4) is 12.3 Å². The van der Waals surface area contributed by atoms with Crippen LogP contribution in [0.4, 0.5) is 13.6 Å². The summed E-state index contributed by atoms with van der Waals surface area (Å²) in [5.74, 6) is 2.28. The molecular formula is C17H17F2NO3. The summed E-state index contributed by atoms with van der Waals surface area (Å²) in [6.45, 7) is 2.14. The Morgan fingerprint density at radius 1 is 1.43 bits per heavy atom. The predicted molar refractivity (Wildman–Crippen MR) is 82.1 cm³/mol. The molecule has 0 saturated carbocycles. The Balaban J connectivity index is 2.98. The van der Waals surface area contributed by atoms with Crippen molar-refractivity contribution >= 4 is 17.6 Å². The van der Waals surface area contributed by atoms with Gasteiger partial charge in [0.05, 0.1) is 18.2 Å². The number of alkyl carbamates (subject to hydrolysis) is 1. The molecule has 0 radical (unpaired) electrons. The molecule has 0 saturated heterocycles. The van der Waals surface area contributed by atoms with Crippen molar-refractivity contribution in [2.75, 3.05) is 6.61 Å². The summed E-state index contributed by atoms with van der Waals surface area (Å²) in [7, 11) is 0. The molecule has 1 amide bonds. The van der Waals surface area contributed by atoms with Gasteiger partial charge in [-0.1, -0.05) is 13.3 Å². The molecule has 0 fully saturated rings. The molecule has 1 unspecified atom stereocenters. The standard InChI is InChI=1S/C17H17F2NO3/c1-3-5-9-23-17(22)20-16(6-4-2)14(11-21)13-10-12(18)7-8-15(13)19/h2,7-8,10,16H,3,5-6,9H2,1H3,(H,20,22). The predicted octanol–water partition coefficient (Wildman–Crippen LogP) is 3.10. The van der Waals surface area contributed by atoms with Crippen LogP contribution in [0.25, 0.3) is 5.57 Å². The van der Waals surface area contributed by atoms with E-state index in [1.165, 1.54) is 5.94 Å². The summed E-state index contributed by atoms with van der Waals surface area (Å²) in [4.78, 5) is 22.9. The van der Waals surface area contributed by atoms with Gasteiger partial charge in [-0.05, 0) is 24.6 Å². The minimum atomic E-state index is -1.03. The summed E-state index contributed by atoms with van der Waals surface area (Å²) in [6, 6.07) is 1.63. The molecule has 1 aromatic rings. The molecule has 0 aliphatic heterocycles. The van der Waals surface area contributed by atoms with E-state index in [1.807, 2.05) is 6.92 Å². The first-order valence-electron chi connectivity index (χ1n) is 7.10. The minimum Gasteiger partial charge on any atom is -0.450 e. The lowest BCUT2D eigenvalue weighted by Crippen LogP contribution is -2.36. The second kappa shape index (κ2) is 9.39. The fraction of sp³-hybridized carbons (Fsp3) is 0.353. The maximum absolute atomic E-state index is 13.8. The van der Waals surface area contributed by atoms with Crippen molar-refractivity contribution < 1.29 is 23.1 Å². The first-order chi connectivity index (χ1) is 11.0. The fourth-order valence-corrected chi connectivity index (χ4v) is 1.85. The van der Waals surface area contributed by atoms with Crippen molar-refractivity contribution in [2.45, 2.75) is 32.2 Å². The number of rotatable bonds is 7. The zero-order valence-corrected chi connectivity index (χ0v) is 12.7. The largest absolute Gasteiger partial charge is 0.450 e. The van der Waals surface area contributed by atoms with Crippen LogP contribution in [0.5, 0.6) is 0 Å². The van der Waals surface area contributed by atoms with Gasteiger partial charge in [-0.25, -0.2) is 18.4 Å². The van der Waals surface area contributed by atoms with Gasteiger partial charge < -0.3 is 10.1 Å². The SMILES string of the molecule is C#CCC(NC(=O)OCCCC)C(=C=O)c1cc(F)ccc1F. The zero-order chi connectivity index (χ0) is 17.2. The molecule has 0 heterocycles. The van der Waals surface area contributed by atoms with Gasteiger partial charge in [0, 0.05) is 12.0 Å². The topological polar surface area (TPSA) is 55.4 Å². The van der Waals surface area contributed by atoms with E-state index in [0.29, 0.717) is 6.42 Å². The molecular weight excluding hydrogens is 304 g/mol. The van der Waals surface area contributed by atoms with Crippen LogP contribution in [0.15, 0.2) is 18.2 Å². The van der Waals surface area contributed by atoms with Gasteiger partial charge in [0.15, 0.2) is 0 Å². The summed E-state index contributed by atoms with van der Waals surface area (Å²) in [5, 5.41) is 2.38. The first-order valence-corrected chi connectivity index (χ1v) is 7.10. The molecule has 6 heteroatoms. The van der Waals surface area contributed by atoms with Crippen LogP contribution >= 0.6 is 0 Å². The molecule has 1 atom stereocenters. The maximum atomic E-state index is 13.8. The highest BCUT2D eigenvalue weighted by molar-refractivity contribution is 5.92. The molecule has 4 nitrogen and oxygen atoms in total. The number of amides is 1. The lowest BCUT2D eigenvalue weighted by molar-refractivity contribution is 0.143. The van der Waals surface area contributed by atoms with Gasteiger partial charge in [0.1, 0.15) is 17.6 Å². The van der Waals surface area contributed by atoms with Gasteiger partial charge >= 0.3 is 6.09 Å². The third-order valence-electron chi connectivity index (χ3n) is 3.02. The molecule has 0 aromatic heterocycles. The second-order valence-corrected chi connectivity index (χ2v) is 4.73. The highest BCUT2D eigenvalue weighted by Gasteiger charge is 2.22. The van der Waals surface area contributed by atoms with E-state index in [4.69, 9.17) is 11.2 Å². The number of unbranched alkanes of at least 4 members (excludes halogenated alkanes) is 1. The molecule has 0 aliphatic carbocycles. The van der Waals surface area contributed by atoms with E-state index in [0.717, 1.165) is 24.6 Å². The van der Waals surface area contributed by atoms with E-state index in [-0.39, 0.29) is 24.2 Å². The van der Waals surface area contributed by atoms with Crippen LogP contribution < -0.4 is 5.32 Å². The van der Waals surface area contributed by atoms with Crippen LogP contribution in [0.3, 0.4) is 0 Å². The number of terminal acetylenes is 1. The summed E-state index contributed by atoms with van der Waals surface area (Å²) in [5.41, 5.74) is -0.568. The molecule has 23 heavy (non-hydrogen) atoms. The number of ether oxygens (including phenoxy) is 1. The normalized spacial score (nSPS) is 11.0.